The molecule has 0 saturated carbocycles. The highest BCUT2D eigenvalue weighted by Gasteiger charge is 2.26. The number of carbonyl (C=O) groups is 1. The summed E-state index contributed by atoms with van der Waals surface area (Å²) in [5.41, 5.74) is 11.1. The van der Waals surface area contributed by atoms with E-state index in [-0.39, 0.29) is 35.4 Å². The second kappa shape index (κ2) is 6.62. The van der Waals surface area contributed by atoms with E-state index in [1.807, 2.05) is 6.92 Å². The molecule has 2 unspecified atom stereocenters. The molecule has 2 atom stereocenters. The smallest absolute Gasteiger partial charge is 0.225 e. The van der Waals surface area contributed by atoms with Crippen LogP contribution < -0.4 is 11.5 Å². The number of carbonyl (C=O) groups excluding carboxylic acids is 1. The molecule has 0 aromatic heterocycles. The Labute approximate surface area is 126 Å². The third kappa shape index (κ3) is 3.85. The van der Waals surface area contributed by atoms with E-state index in [0.29, 0.717) is 6.54 Å². The van der Waals surface area contributed by atoms with E-state index >= 15 is 0 Å². The summed E-state index contributed by atoms with van der Waals surface area (Å²) in [5, 5.41) is 0.149. The van der Waals surface area contributed by atoms with Gasteiger partial charge >= 0.3 is 0 Å². The van der Waals surface area contributed by atoms with Crippen LogP contribution in [0.1, 0.15) is 18.9 Å². The van der Waals surface area contributed by atoms with Crippen LogP contribution in [0.3, 0.4) is 0 Å². The molecule has 1 heterocycles. The molecule has 1 aliphatic rings. The fourth-order valence-electron chi connectivity index (χ4n) is 2.38. The van der Waals surface area contributed by atoms with Crippen molar-refractivity contribution in [1.29, 1.82) is 0 Å². The van der Waals surface area contributed by atoms with Gasteiger partial charge in [0.15, 0.2) is 0 Å². The molecule has 1 saturated heterocycles. The Kier molecular flexibility index (Phi) is 5.05. The van der Waals surface area contributed by atoms with E-state index in [1.165, 1.54) is 0 Å². The maximum atomic E-state index is 13.7. The number of nitrogens with zero attached hydrogens (tertiary/aromatic N) is 1. The van der Waals surface area contributed by atoms with Gasteiger partial charge in [-0.05, 0) is 25.0 Å². The van der Waals surface area contributed by atoms with E-state index in [4.69, 9.17) is 11.5 Å². The molecule has 1 amide bonds. The largest absolute Gasteiger partial charge is 0.396 e. The minimum atomic E-state index is -0.672. The monoisotopic (exact) mass is 315 g/mol. The standard InChI is InChI=1S/C14H19F2N3OS/c1-8-19(2-3-21-8)14(20)6-10(17)4-9-5-12(16)13(18)7-11(9)15/h5,7-8,10H,2-4,6,17-18H2,1H3. The number of hydrogen-bond donors (Lipinski definition) is 2. The summed E-state index contributed by atoms with van der Waals surface area (Å²) in [6.07, 6.45) is 0.223. The maximum Gasteiger partial charge on any atom is 0.225 e. The molecule has 1 aromatic rings. The Morgan fingerprint density at radius 1 is 1.48 bits per heavy atom. The van der Waals surface area contributed by atoms with Gasteiger partial charge in [-0.25, -0.2) is 8.78 Å². The van der Waals surface area contributed by atoms with Crippen LogP contribution >= 0.6 is 11.8 Å². The summed E-state index contributed by atoms with van der Waals surface area (Å²) < 4.78 is 27.0. The zero-order chi connectivity index (χ0) is 15.6. The van der Waals surface area contributed by atoms with Gasteiger partial charge in [0.05, 0.1) is 11.1 Å². The number of nitrogen functional groups attached to an aromatic ring is 1. The normalized spacial score (nSPS) is 19.8. The van der Waals surface area contributed by atoms with Gasteiger partial charge in [0.1, 0.15) is 11.6 Å². The zero-order valence-electron chi connectivity index (χ0n) is 11.8. The van der Waals surface area contributed by atoms with Crippen molar-refractivity contribution in [3.8, 4) is 0 Å². The molecule has 0 bridgehead atoms. The van der Waals surface area contributed by atoms with E-state index in [1.54, 1.807) is 16.7 Å². The van der Waals surface area contributed by atoms with Crippen molar-refractivity contribution in [2.24, 2.45) is 5.73 Å². The predicted octanol–water partition coefficient (Wildman–Crippen LogP) is 1.73. The highest BCUT2D eigenvalue weighted by Crippen LogP contribution is 2.24. The highest BCUT2D eigenvalue weighted by molar-refractivity contribution is 8.00. The Morgan fingerprint density at radius 3 is 2.81 bits per heavy atom. The van der Waals surface area contributed by atoms with E-state index in [2.05, 4.69) is 0 Å². The van der Waals surface area contributed by atoms with Crippen molar-refractivity contribution in [2.75, 3.05) is 18.0 Å². The zero-order valence-corrected chi connectivity index (χ0v) is 12.6. The second-order valence-corrected chi connectivity index (χ2v) is 6.61. The summed E-state index contributed by atoms with van der Waals surface area (Å²) >= 11 is 1.71. The minimum Gasteiger partial charge on any atom is -0.396 e. The van der Waals surface area contributed by atoms with E-state index < -0.39 is 17.7 Å². The first-order chi connectivity index (χ1) is 9.88. The highest BCUT2D eigenvalue weighted by atomic mass is 32.2. The van der Waals surface area contributed by atoms with Crippen LogP contribution in [0, 0.1) is 11.6 Å². The minimum absolute atomic E-state index is 0.0451. The van der Waals surface area contributed by atoms with Crippen LogP contribution in [0.4, 0.5) is 14.5 Å². The molecule has 1 aliphatic heterocycles. The van der Waals surface area contributed by atoms with Gasteiger partial charge in [0.25, 0.3) is 0 Å². The first-order valence-electron chi connectivity index (χ1n) is 6.78. The van der Waals surface area contributed by atoms with Gasteiger partial charge in [-0.3, -0.25) is 4.79 Å². The number of thioether (sulfide) groups is 1. The summed E-state index contributed by atoms with van der Waals surface area (Å²) in [4.78, 5) is 13.9. The number of rotatable bonds is 4. The summed E-state index contributed by atoms with van der Waals surface area (Å²) in [6.45, 7) is 2.68. The lowest BCUT2D eigenvalue weighted by Crippen LogP contribution is -2.38. The molecule has 1 fully saturated rings. The van der Waals surface area contributed by atoms with Crippen molar-refractivity contribution >= 4 is 23.4 Å². The third-order valence-corrected chi connectivity index (χ3v) is 4.69. The molecule has 21 heavy (non-hydrogen) atoms. The molecule has 0 radical (unpaired) electrons. The Balaban J connectivity index is 1.97. The lowest BCUT2D eigenvalue weighted by atomic mass is 10.0. The lowest BCUT2D eigenvalue weighted by molar-refractivity contribution is -0.131. The molecule has 116 valence electrons. The molecule has 4 nitrogen and oxygen atoms in total. The third-order valence-electron chi connectivity index (χ3n) is 3.54. The predicted molar refractivity (Wildman–Crippen MR) is 80.7 cm³/mol. The Hall–Kier alpha value is -1.34. The van der Waals surface area contributed by atoms with Crippen LogP contribution in [-0.4, -0.2) is 34.5 Å². The second-order valence-electron chi connectivity index (χ2n) is 5.19. The van der Waals surface area contributed by atoms with Crippen molar-refractivity contribution in [3.05, 3.63) is 29.3 Å². The fourth-order valence-corrected chi connectivity index (χ4v) is 3.42. The van der Waals surface area contributed by atoms with Gasteiger partial charge < -0.3 is 16.4 Å². The number of benzene rings is 1. The molecule has 7 heteroatoms. The topological polar surface area (TPSA) is 72.3 Å². The molecular weight excluding hydrogens is 296 g/mol. The van der Waals surface area contributed by atoms with Gasteiger partial charge in [-0.1, -0.05) is 0 Å². The van der Waals surface area contributed by atoms with Gasteiger partial charge in [-0.2, -0.15) is 0 Å². The quantitative estimate of drug-likeness (QED) is 0.830. The number of halogens is 2. The van der Waals surface area contributed by atoms with Crippen LogP contribution in [0.15, 0.2) is 12.1 Å². The fraction of sp³-hybridized carbons (Fsp3) is 0.500. The Morgan fingerprint density at radius 2 is 2.19 bits per heavy atom. The number of amides is 1. The summed E-state index contributed by atoms with van der Waals surface area (Å²) in [7, 11) is 0. The summed E-state index contributed by atoms with van der Waals surface area (Å²) in [5.74, 6) is -0.396. The van der Waals surface area contributed by atoms with Gasteiger partial charge in [0, 0.05) is 30.8 Å². The molecule has 1 aromatic carbocycles. The Bertz CT molecular complexity index is 541. The van der Waals surface area contributed by atoms with Crippen molar-refractivity contribution in [3.63, 3.8) is 0 Å². The number of anilines is 1. The van der Waals surface area contributed by atoms with Crippen LogP contribution in [-0.2, 0) is 11.2 Å². The van der Waals surface area contributed by atoms with Crippen LogP contribution in [0.5, 0.6) is 0 Å². The molecule has 4 N–H and O–H groups in total. The lowest BCUT2D eigenvalue weighted by Gasteiger charge is -2.22. The van der Waals surface area contributed by atoms with Crippen molar-refractivity contribution < 1.29 is 13.6 Å². The van der Waals surface area contributed by atoms with E-state index in [0.717, 1.165) is 17.9 Å². The average Bonchev–Trinajstić information content (AvgIpc) is 2.82. The SMILES string of the molecule is CC1SCCN1C(=O)CC(N)Cc1cc(F)c(N)cc1F. The van der Waals surface area contributed by atoms with E-state index in [9.17, 15) is 13.6 Å². The van der Waals surface area contributed by atoms with Gasteiger partial charge in [-0.15, -0.1) is 11.8 Å². The molecule has 2 rings (SSSR count). The first-order valence-corrected chi connectivity index (χ1v) is 7.83. The molecule has 0 aliphatic carbocycles. The van der Waals surface area contributed by atoms with Crippen molar-refractivity contribution in [1.82, 2.24) is 4.90 Å². The first kappa shape index (κ1) is 16.0. The van der Waals surface area contributed by atoms with Crippen molar-refractivity contribution in [2.45, 2.75) is 31.2 Å². The maximum absolute atomic E-state index is 13.7. The average molecular weight is 315 g/mol. The van der Waals surface area contributed by atoms with Crippen LogP contribution in [0.25, 0.3) is 0 Å². The van der Waals surface area contributed by atoms with Gasteiger partial charge in [0.2, 0.25) is 5.91 Å². The molecular formula is C14H19F2N3OS. The molecule has 0 spiro atoms. The number of nitrogens with two attached hydrogens (primary N) is 2. The van der Waals surface area contributed by atoms with Crippen LogP contribution in [0.2, 0.25) is 0 Å². The number of hydrogen-bond acceptors (Lipinski definition) is 4. The summed E-state index contributed by atoms with van der Waals surface area (Å²) in [6, 6.07) is 1.44.